The van der Waals surface area contributed by atoms with E-state index in [1.165, 1.54) is 6.20 Å². The third-order valence-electron chi connectivity index (χ3n) is 3.63. The lowest BCUT2D eigenvalue weighted by Gasteiger charge is -2.19. The number of hydrogen-bond acceptors (Lipinski definition) is 3. The number of aromatic nitrogens is 1. The van der Waals surface area contributed by atoms with Crippen LogP contribution in [-0.4, -0.2) is 16.1 Å². The molecule has 1 fully saturated rings. The van der Waals surface area contributed by atoms with Crippen molar-refractivity contribution in [1.82, 2.24) is 4.98 Å². The lowest BCUT2D eigenvalue weighted by atomic mass is 10.0. The maximum Gasteiger partial charge on any atom is 0.337 e. The van der Waals surface area contributed by atoms with E-state index >= 15 is 0 Å². The average molecular weight is 286 g/mol. The van der Waals surface area contributed by atoms with Crippen molar-refractivity contribution in [2.24, 2.45) is 5.92 Å². The number of rotatable bonds is 5. The summed E-state index contributed by atoms with van der Waals surface area (Å²) < 4.78 is 14.0. The van der Waals surface area contributed by atoms with Crippen LogP contribution in [0.3, 0.4) is 0 Å². The number of benzene rings is 1. The van der Waals surface area contributed by atoms with E-state index in [0.29, 0.717) is 5.92 Å². The number of nitrogens with one attached hydrogen (secondary N) is 1. The summed E-state index contributed by atoms with van der Waals surface area (Å²) in [6, 6.07) is 10.8. The van der Waals surface area contributed by atoms with E-state index in [1.807, 2.05) is 30.3 Å². The Hall–Kier alpha value is -2.43. The maximum absolute atomic E-state index is 14.0. The fraction of sp³-hybridized carbons (Fsp3) is 0.250. The van der Waals surface area contributed by atoms with Crippen molar-refractivity contribution in [1.29, 1.82) is 0 Å². The Kier molecular flexibility index (Phi) is 3.56. The van der Waals surface area contributed by atoms with E-state index in [4.69, 9.17) is 5.11 Å². The molecular weight excluding hydrogens is 271 g/mol. The van der Waals surface area contributed by atoms with Crippen LogP contribution in [0.25, 0.3) is 0 Å². The average Bonchev–Trinajstić information content (AvgIpc) is 3.31. The second kappa shape index (κ2) is 5.52. The highest BCUT2D eigenvalue weighted by atomic mass is 19.1. The monoisotopic (exact) mass is 286 g/mol. The molecule has 21 heavy (non-hydrogen) atoms. The fourth-order valence-electron chi connectivity index (χ4n) is 2.37. The zero-order chi connectivity index (χ0) is 14.8. The first kappa shape index (κ1) is 13.5. The van der Waals surface area contributed by atoms with Gasteiger partial charge in [0.1, 0.15) is 0 Å². The first-order valence-corrected chi connectivity index (χ1v) is 6.85. The molecule has 2 aromatic rings. The number of carboxylic acids is 1. The quantitative estimate of drug-likeness (QED) is 0.883. The van der Waals surface area contributed by atoms with E-state index in [-0.39, 0.29) is 17.4 Å². The second-order valence-electron chi connectivity index (χ2n) is 5.23. The highest BCUT2D eigenvalue weighted by Crippen LogP contribution is 2.42. The molecule has 0 spiro atoms. The molecule has 1 aliphatic carbocycles. The van der Waals surface area contributed by atoms with Crippen molar-refractivity contribution >= 4 is 11.8 Å². The zero-order valence-corrected chi connectivity index (χ0v) is 11.3. The molecule has 108 valence electrons. The summed E-state index contributed by atoms with van der Waals surface area (Å²) in [4.78, 5) is 14.7. The minimum Gasteiger partial charge on any atom is -0.478 e. The van der Waals surface area contributed by atoms with Crippen LogP contribution < -0.4 is 5.32 Å². The number of aromatic carboxylic acids is 1. The molecule has 4 nitrogen and oxygen atoms in total. The Balaban J connectivity index is 1.85. The number of hydrogen-bond donors (Lipinski definition) is 2. The second-order valence-corrected chi connectivity index (χ2v) is 5.23. The molecule has 1 saturated carbocycles. The van der Waals surface area contributed by atoms with Crippen molar-refractivity contribution < 1.29 is 14.3 Å². The van der Waals surface area contributed by atoms with Crippen LogP contribution in [0.1, 0.15) is 34.8 Å². The van der Waals surface area contributed by atoms with Gasteiger partial charge in [-0.05, 0) is 30.4 Å². The van der Waals surface area contributed by atoms with Gasteiger partial charge in [-0.15, -0.1) is 0 Å². The number of anilines is 1. The van der Waals surface area contributed by atoms with Gasteiger partial charge in [-0.1, -0.05) is 30.3 Å². The third-order valence-corrected chi connectivity index (χ3v) is 3.63. The molecular formula is C16H15FN2O2. The minimum atomic E-state index is -1.19. The van der Waals surface area contributed by atoms with Crippen LogP contribution in [0.15, 0.2) is 42.6 Å². The number of nitrogens with zero attached hydrogens (tertiary/aromatic N) is 1. The zero-order valence-electron chi connectivity index (χ0n) is 11.3. The lowest BCUT2D eigenvalue weighted by molar-refractivity contribution is 0.0696. The Morgan fingerprint density at radius 1 is 1.33 bits per heavy atom. The van der Waals surface area contributed by atoms with Crippen molar-refractivity contribution in [2.75, 3.05) is 5.32 Å². The van der Waals surface area contributed by atoms with Crippen molar-refractivity contribution in [2.45, 2.75) is 18.9 Å². The van der Waals surface area contributed by atoms with Gasteiger partial charge in [0.25, 0.3) is 0 Å². The van der Waals surface area contributed by atoms with Gasteiger partial charge in [0, 0.05) is 6.20 Å². The molecule has 3 rings (SSSR count). The fourth-order valence-corrected chi connectivity index (χ4v) is 2.37. The standard InChI is InChI=1S/C16H15FN2O2/c17-13-8-12(16(20)21)9-18-15(13)19-14(11-6-7-11)10-4-2-1-3-5-10/h1-5,8-9,11,14H,6-7H2,(H,18,19)(H,20,21)/t14-/m1/s1. The van der Waals surface area contributed by atoms with Crippen molar-refractivity contribution in [3.63, 3.8) is 0 Å². The molecule has 0 radical (unpaired) electrons. The highest BCUT2D eigenvalue weighted by molar-refractivity contribution is 5.87. The normalized spacial score (nSPS) is 15.5. The first-order valence-electron chi connectivity index (χ1n) is 6.85. The van der Waals surface area contributed by atoms with Crippen molar-refractivity contribution in [3.05, 3.63) is 59.5 Å². The molecule has 0 bridgehead atoms. The Bertz CT molecular complexity index is 657. The van der Waals surface area contributed by atoms with Gasteiger partial charge in [0.15, 0.2) is 11.6 Å². The number of halogens is 1. The molecule has 5 heteroatoms. The summed E-state index contributed by atoms with van der Waals surface area (Å²) in [6.07, 6.45) is 3.37. The van der Waals surface area contributed by atoms with Gasteiger partial charge < -0.3 is 10.4 Å². The van der Waals surface area contributed by atoms with Crippen LogP contribution in [0.4, 0.5) is 10.2 Å². The summed E-state index contributed by atoms with van der Waals surface area (Å²) in [5, 5.41) is 11.9. The van der Waals surface area contributed by atoms with Crippen LogP contribution in [0.2, 0.25) is 0 Å². The molecule has 1 aliphatic rings. The topological polar surface area (TPSA) is 62.2 Å². The minimum absolute atomic E-state index is 0.00359. The summed E-state index contributed by atoms with van der Waals surface area (Å²) >= 11 is 0. The van der Waals surface area contributed by atoms with Crippen LogP contribution in [0, 0.1) is 11.7 Å². The molecule has 0 amide bonds. The first-order chi connectivity index (χ1) is 10.1. The summed E-state index contributed by atoms with van der Waals surface area (Å²) in [7, 11) is 0. The summed E-state index contributed by atoms with van der Waals surface area (Å²) in [5.74, 6) is -1.26. The molecule has 1 heterocycles. The van der Waals surface area contributed by atoms with Crippen LogP contribution >= 0.6 is 0 Å². The number of pyridine rings is 1. The van der Waals surface area contributed by atoms with E-state index in [0.717, 1.165) is 24.5 Å². The SMILES string of the molecule is O=C(O)c1cnc(N[C@H](c2ccccc2)C2CC2)c(F)c1. The highest BCUT2D eigenvalue weighted by Gasteiger charge is 2.33. The van der Waals surface area contributed by atoms with E-state index in [2.05, 4.69) is 10.3 Å². The predicted octanol–water partition coefficient (Wildman–Crippen LogP) is 3.48. The summed E-state index contributed by atoms with van der Waals surface area (Å²) in [6.45, 7) is 0. The largest absolute Gasteiger partial charge is 0.478 e. The van der Waals surface area contributed by atoms with Crippen LogP contribution in [-0.2, 0) is 0 Å². The van der Waals surface area contributed by atoms with Gasteiger partial charge in [0.05, 0.1) is 11.6 Å². The molecule has 1 aromatic heterocycles. The Morgan fingerprint density at radius 2 is 2.05 bits per heavy atom. The van der Waals surface area contributed by atoms with Gasteiger partial charge in [0.2, 0.25) is 0 Å². The molecule has 0 unspecified atom stereocenters. The summed E-state index contributed by atoms with van der Waals surface area (Å²) in [5.41, 5.74) is 0.934. The lowest BCUT2D eigenvalue weighted by Crippen LogP contribution is -2.15. The van der Waals surface area contributed by atoms with Gasteiger partial charge in [-0.25, -0.2) is 14.2 Å². The molecule has 1 atom stereocenters. The molecule has 1 aromatic carbocycles. The number of carboxylic acid groups (broad SMARTS) is 1. The van der Waals surface area contributed by atoms with E-state index in [1.54, 1.807) is 0 Å². The Morgan fingerprint density at radius 3 is 2.62 bits per heavy atom. The Labute approximate surface area is 121 Å². The molecule has 0 aliphatic heterocycles. The van der Waals surface area contributed by atoms with Gasteiger partial charge in [-0.2, -0.15) is 0 Å². The number of carbonyl (C=O) groups is 1. The smallest absolute Gasteiger partial charge is 0.337 e. The maximum atomic E-state index is 14.0. The molecule has 0 saturated heterocycles. The molecule has 2 N–H and O–H groups in total. The third kappa shape index (κ3) is 3.02. The van der Waals surface area contributed by atoms with Gasteiger partial charge >= 0.3 is 5.97 Å². The van der Waals surface area contributed by atoms with E-state index in [9.17, 15) is 9.18 Å². The van der Waals surface area contributed by atoms with E-state index < -0.39 is 11.8 Å². The van der Waals surface area contributed by atoms with Gasteiger partial charge in [-0.3, -0.25) is 0 Å². The predicted molar refractivity (Wildman–Crippen MR) is 76.7 cm³/mol. The van der Waals surface area contributed by atoms with Crippen LogP contribution in [0.5, 0.6) is 0 Å². The van der Waals surface area contributed by atoms with Crippen molar-refractivity contribution in [3.8, 4) is 0 Å².